The molecule has 2 aromatic carbocycles. The van der Waals surface area contributed by atoms with Gasteiger partial charge in [0.15, 0.2) is 0 Å². The molecule has 0 bridgehead atoms. The van der Waals surface area contributed by atoms with E-state index in [-0.39, 0.29) is 0 Å². The van der Waals surface area contributed by atoms with Gasteiger partial charge in [-0.2, -0.15) is 0 Å². The molecule has 0 saturated carbocycles. The van der Waals surface area contributed by atoms with E-state index in [1.165, 1.54) is 0 Å². The number of aromatic nitrogens is 3. The molecule has 0 N–H and O–H groups in total. The zero-order chi connectivity index (χ0) is 15.2. The molecule has 5 rings (SSSR count). The summed E-state index contributed by atoms with van der Waals surface area (Å²) >= 11 is 0. The first-order chi connectivity index (χ1) is 11.4. The highest BCUT2D eigenvalue weighted by Gasteiger charge is 2.11. The lowest BCUT2D eigenvalue weighted by Crippen LogP contribution is -1.88. The zero-order valence-corrected chi connectivity index (χ0v) is 12.1. The number of para-hydroxylation sites is 2. The van der Waals surface area contributed by atoms with Gasteiger partial charge < -0.3 is 4.42 Å². The van der Waals surface area contributed by atoms with Crippen LogP contribution in [0.5, 0.6) is 0 Å². The maximum absolute atomic E-state index is 5.95. The van der Waals surface area contributed by atoms with E-state index in [0.29, 0.717) is 0 Å². The second-order valence-corrected chi connectivity index (χ2v) is 5.39. The first kappa shape index (κ1) is 12.3. The molecule has 108 valence electrons. The fourth-order valence-electron chi connectivity index (χ4n) is 2.97. The molecule has 0 unspecified atom stereocenters. The van der Waals surface area contributed by atoms with Crippen molar-refractivity contribution >= 4 is 33.0 Å². The quantitative estimate of drug-likeness (QED) is 0.454. The van der Waals surface area contributed by atoms with Crippen LogP contribution in [-0.2, 0) is 0 Å². The van der Waals surface area contributed by atoms with Crippen LogP contribution in [0.2, 0.25) is 0 Å². The smallest absolute Gasteiger partial charge is 0.139 e. The monoisotopic (exact) mass is 297 g/mol. The summed E-state index contributed by atoms with van der Waals surface area (Å²) in [6.45, 7) is 0. The number of benzene rings is 2. The minimum Gasteiger partial charge on any atom is -0.456 e. The highest BCUT2D eigenvalue weighted by Crippen LogP contribution is 2.32. The van der Waals surface area contributed by atoms with Gasteiger partial charge in [0.05, 0.1) is 16.7 Å². The number of hydrogen-bond acceptors (Lipinski definition) is 4. The Morgan fingerprint density at radius 3 is 2.65 bits per heavy atom. The summed E-state index contributed by atoms with van der Waals surface area (Å²) in [5, 5.41) is 2.11. The number of hydrogen-bond donors (Lipinski definition) is 0. The molecular weight excluding hydrogens is 286 g/mol. The van der Waals surface area contributed by atoms with Crippen LogP contribution in [-0.4, -0.2) is 15.0 Å². The normalized spacial score (nSPS) is 11.5. The predicted molar refractivity (Wildman–Crippen MR) is 90.0 cm³/mol. The van der Waals surface area contributed by atoms with Gasteiger partial charge in [-0.3, -0.25) is 15.0 Å². The first-order valence-electron chi connectivity index (χ1n) is 7.37. The van der Waals surface area contributed by atoms with E-state index in [0.717, 1.165) is 44.2 Å². The van der Waals surface area contributed by atoms with E-state index in [1.54, 1.807) is 12.4 Å². The Morgan fingerprint density at radius 2 is 1.65 bits per heavy atom. The Bertz CT molecular complexity index is 1170. The van der Waals surface area contributed by atoms with Crippen molar-refractivity contribution in [3.05, 3.63) is 67.1 Å². The molecule has 0 saturated heterocycles. The van der Waals surface area contributed by atoms with E-state index in [4.69, 9.17) is 4.42 Å². The van der Waals surface area contributed by atoms with Crippen molar-refractivity contribution in [3.63, 3.8) is 0 Å². The fourth-order valence-corrected chi connectivity index (χ4v) is 2.97. The average molecular weight is 297 g/mol. The lowest BCUT2D eigenvalue weighted by Gasteiger charge is -2.04. The van der Waals surface area contributed by atoms with Gasteiger partial charge in [-0.1, -0.05) is 30.3 Å². The highest BCUT2D eigenvalue weighted by molar-refractivity contribution is 6.05. The van der Waals surface area contributed by atoms with Gasteiger partial charge in [0.1, 0.15) is 11.2 Å². The summed E-state index contributed by atoms with van der Waals surface area (Å²) in [6, 6.07) is 15.9. The summed E-state index contributed by atoms with van der Waals surface area (Å²) in [7, 11) is 0. The van der Waals surface area contributed by atoms with Crippen LogP contribution in [0.25, 0.3) is 44.2 Å². The Morgan fingerprint density at radius 1 is 0.739 bits per heavy atom. The summed E-state index contributed by atoms with van der Waals surface area (Å²) in [5.74, 6) is 0. The molecule has 3 aromatic heterocycles. The van der Waals surface area contributed by atoms with Crippen molar-refractivity contribution < 1.29 is 4.42 Å². The van der Waals surface area contributed by atoms with Crippen molar-refractivity contribution in [2.24, 2.45) is 0 Å². The number of pyridine rings is 1. The predicted octanol–water partition coefficient (Wildman–Crippen LogP) is 4.59. The third-order valence-electron chi connectivity index (χ3n) is 4.04. The Balaban J connectivity index is 1.81. The first-order valence-corrected chi connectivity index (χ1v) is 7.37. The van der Waals surface area contributed by atoms with Crippen LogP contribution in [0.15, 0.2) is 71.5 Å². The van der Waals surface area contributed by atoms with Crippen molar-refractivity contribution in [1.82, 2.24) is 15.0 Å². The molecule has 0 amide bonds. The van der Waals surface area contributed by atoms with Crippen molar-refractivity contribution in [2.75, 3.05) is 0 Å². The molecule has 3 heterocycles. The summed E-state index contributed by atoms with van der Waals surface area (Å²) in [5.41, 5.74) is 5.20. The zero-order valence-electron chi connectivity index (χ0n) is 12.1. The van der Waals surface area contributed by atoms with E-state index in [1.807, 2.05) is 54.7 Å². The lowest BCUT2D eigenvalue weighted by molar-refractivity contribution is 0.668. The molecule has 4 heteroatoms. The van der Waals surface area contributed by atoms with Gasteiger partial charge in [-0.15, -0.1) is 0 Å². The van der Waals surface area contributed by atoms with Gasteiger partial charge in [-0.05, 0) is 12.1 Å². The van der Waals surface area contributed by atoms with Crippen LogP contribution in [0.1, 0.15) is 0 Å². The lowest BCUT2D eigenvalue weighted by atomic mass is 10.1. The Hall–Kier alpha value is -3.27. The minimum absolute atomic E-state index is 0.831. The Labute approximate surface area is 131 Å². The van der Waals surface area contributed by atoms with E-state index < -0.39 is 0 Å². The van der Waals surface area contributed by atoms with Gasteiger partial charge in [-0.25, -0.2) is 0 Å². The van der Waals surface area contributed by atoms with Crippen LogP contribution in [0.4, 0.5) is 0 Å². The van der Waals surface area contributed by atoms with Crippen molar-refractivity contribution in [2.45, 2.75) is 0 Å². The minimum atomic E-state index is 0.831. The van der Waals surface area contributed by atoms with Crippen molar-refractivity contribution in [1.29, 1.82) is 0 Å². The molecule has 0 spiro atoms. The topological polar surface area (TPSA) is 51.8 Å². The fraction of sp³-hybridized carbons (Fsp3) is 0. The largest absolute Gasteiger partial charge is 0.456 e. The van der Waals surface area contributed by atoms with Crippen LogP contribution < -0.4 is 0 Å². The van der Waals surface area contributed by atoms with Gasteiger partial charge in [0.2, 0.25) is 0 Å². The van der Waals surface area contributed by atoms with Crippen LogP contribution >= 0.6 is 0 Å². The third-order valence-corrected chi connectivity index (χ3v) is 4.04. The molecule has 0 aliphatic carbocycles. The molecule has 23 heavy (non-hydrogen) atoms. The molecular formula is C19H11N3O. The number of furan rings is 1. The SMILES string of the molecule is c1cc(-c2cc3oc4ccccc4c3cn2)c2nccnc2c1. The molecule has 4 nitrogen and oxygen atoms in total. The second-order valence-electron chi connectivity index (χ2n) is 5.39. The molecule has 0 fully saturated rings. The maximum atomic E-state index is 5.95. The molecule has 0 aliphatic heterocycles. The average Bonchev–Trinajstić information content (AvgIpc) is 2.99. The molecule has 0 atom stereocenters. The van der Waals surface area contributed by atoms with Crippen LogP contribution in [0, 0.1) is 0 Å². The van der Waals surface area contributed by atoms with Crippen molar-refractivity contribution in [3.8, 4) is 11.3 Å². The van der Waals surface area contributed by atoms with E-state index in [9.17, 15) is 0 Å². The van der Waals surface area contributed by atoms with Crippen LogP contribution in [0.3, 0.4) is 0 Å². The third kappa shape index (κ3) is 1.82. The molecule has 0 radical (unpaired) electrons. The summed E-state index contributed by atoms with van der Waals surface area (Å²) < 4.78 is 5.95. The molecule has 0 aliphatic rings. The number of rotatable bonds is 1. The van der Waals surface area contributed by atoms with Gasteiger partial charge in [0.25, 0.3) is 0 Å². The summed E-state index contributed by atoms with van der Waals surface area (Å²) in [6.07, 6.45) is 5.26. The number of nitrogens with zero attached hydrogens (tertiary/aromatic N) is 3. The summed E-state index contributed by atoms with van der Waals surface area (Å²) in [4.78, 5) is 13.4. The highest BCUT2D eigenvalue weighted by atomic mass is 16.3. The van der Waals surface area contributed by atoms with Gasteiger partial charge in [0, 0.05) is 41.0 Å². The second kappa shape index (κ2) is 4.61. The Kier molecular flexibility index (Phi) is 2.46. The molecule has 5 aromatic rings. The standard InChI is InChI=1S/C19H11N3O/c1-2-7-17-12(4-1)14-11-22-16(10-18(14)23-17)13-5-3-6-15-19(13)21-9-8-20-15/h1-11H. The van der Waals surface area contributed by atoms with E-state index >= 15 is 0 Å². The van der Waals surface area contributed by atoms with E-state index in [2.05, 4.69) is 15.0 Å². The number of fused-ring (bicyclic) bond motifs is 4. The maximum Gasteiger partial charge on any atom is 0.139 e. The van der Waals surface area contributed by atoms with Gasteiger partial charge >= 0.3 is 0 Å².